The fourth-order valence-electron chi connectivity index (χ4n) is 8.12. The van der Waals surface area contributed by atoms with E-state index >= 15 is 8.78 Å². The highest BCUT2D eigenvalue weighted by Crippen LogP contribution is 2.45. The van der Waals surface area contributed by atoms with Crippen LogP contribution in [0.3, 0.4) is 0 Å². The first-order chi connectivity index (χ1) is 25.1. The van der Waals surface area contributed by atoms with Crippen LogP contribution in [0, 0.1) is 28.5 Å². The van der Waals surface area contributed by atoms with Crippen molar-refractivity contribution >= 4 is 41.9 Å². The van der Waals surface area contributed by atoms with Crippen molar-refractivity contribution in [3.8, 4) is 34.5 Å². The van der Waals surface area contributed by atoms with E-state index in [0.29, 0.717) is 76.6 Å². The van der Waals surface area contributed by atoms with Crippen molar-refractivity contribution in [3.63, 3.8) is 0 Å². The largest absolute Gasteiger partial charge is 0.468 e. The number of benzene rings is 2. The van der Waals surface area contributed by atoms with Crippen LogP contribution in [0.25, 0.3) is 32.9 Å². The first-order valence-corrected chi connectivity index (χ1v) is 20.7. The number of aldehydes is 1. The maximum absolute atomic E-state index is 17.3. The normalized spacial score (nSPS) is 18.5. The van der Waals surface area contributed by atoms with Gasteiger partial charge in [0.1, 0.15) is 49.6 Å². The molecule has 0 bridgehead atoms. The lowest BCUT2D eigenvalue weighted by atomic mass is 9.94. The molecule has 1 aliphatic carbocycles. The summed E-state index contributed by atoms with van der Waals surface area (Å²) in [6.45, 7) is 15.8. The van der Waals surface area contributed by atoms with E-state index in [1.807, 2.05) is 4.90 Å². The fourth-order valence-corrected chi connectivity index (χ4v) is 13.3. The summed E-state index contributed by atoms with van der Waals surface area (Å²) in [4.78, 5) is 27.5. The second-order valence-corrected chi connectivity index (χ2v) is 21.6. The van der Waals surface area contributed by atoms with Gasteiger partial charge in [0.25, 0.3) is 0 Å². The summed E-state index contributed by atoms with van der Waals surface area (Å²) in [5.41, 5.74) is 3.33. The summed E-state index contributed by atoms with van der Waals surface area (Å²) in [5.74, 6) is 2.77. The number of aliphatic hydroxyl groups is 1. The topological polar surface area (TPSA) is 107 Å². The lowest BCUT2D eigenvalue weighted by Gasteiger charge is -2.38. The van der Waals surface area contributed by atoms with Gasteiger partial charge < -0.3 is 29.0 Å². The molecule has 2 aromatic carbocycles. The molecule has 1 aliphatic heterocycles. The number of halogens is 2. The minimum absolute atomic E-state index is 0.0533. The summed E-state index contributed by atoms with van der Waals surface area (Å²) in [5, 5.41) is 12.3. The van der Waals surface area contributed by atoms with E-state index in [1.54, 1.807) is 25.1 Å². The molecule has 4 aromatic rings. The predicted octanol–water partition coefficient (Wildman–Crippen LogP) is 8.38. The summed E-state index contributed by atoms with van der Waals surface area (Å²) in [6.07, 6.45) is 5.09. The van der Waals surface area contributed by atoms with E-state index in [9.17, 15) is 9.90 Å². The maximum atomic E-state index is 17.3. The zero-order valence-electron chi connectivity index (χ0n) is 32.0. The molecule has 12 heteroatoms. The van der Waals surface area contributed by atoms with Gasteiger partial charge in [0.15, 0.2) is 12.6 Å². The second kappa shape index (κ2) is 14.9. The predicted molar refractivity (Wildman–Crippen MR) is 206 cm³/mol. The number of hydrogen-bond acceptors (Lipinski definition) is 9. The van der Waals surface area contributed by atoms with Gasteiger partial charge in [-0.25, -0.2) is 8.78 Å². The quantitative estimate of drug-likeness (QED) is 0.0663. The first-order valence-electron chi connectivity index (χ1n) is 18.5. The highest BCUT2D eigenvalue weighted by molar-refractivity contribution is 6.90. The van der Waals surface area contributed by atoms with Crippen LogP contribution in [0.5, 0.6) is 11.8 Å². The number of β-amino-alcohol motifs (C(OH)–C–C–N with tert-alkyl or cyclic N) is 1. The van der Waals surface area contributed by atoms with Gasteiger partial charge in [-0.2, -0.15) is 9.97 Å². The minimum Gasteiger partial charge on any atom is -0.468 e. The fraction of sp³-hybridized carbons (Fsp3) is 0.512. The van der Waals surface area contributed by atoms with Crippen molar-refractivity contribution in [3.05, 3.63) is 47.7 Å². The van der Waals surface area contributed by atoms with Crippen molar-refractivity contribution in [2.75, 3.05) is 38.5 Å². The molecule has 6 rings (SSSR count). The van der Waals surface area contributed by atoms with Crippen LogP contribution in [0.1, 0.15) is 79.7 Å². The van der Waals surface area contributed by atoms with Gasteiger partial charge in [0.05, 0.1) is 22.0 Å². The number of carbonyl (C=O) groups excluding carboxylic acids is 1. The number of nitrogens with zero attached hydrogens (tertiary/aromatic N) is 4. The SMILES string of the molecule is COCOc1cc(-c2ncc3c(N4CCC[C@@](C)(O)C4)nc(OCC4(C=O)CC4)nc3c2F)c2c(C#C[Si](C(C)C)(C(C)C)C(C)C)c(F)ccc2c1. The van der Waals surface area contributed by atoms with Crippen molar-refractivity contribution in [1.29, 1.82) is 0 Å². The monoisotopic (exact) mass is 744 g/mol. The first kappa shape index (κ1) is 38.5. The molecule has 0 unspecified atom stereocenters. The van der Waals surface area contributed by atoms with E-state index in [2.05, 4.69) is 68.0 Å². The Bertz CT molecular complexity index is 2070. The molecule has 282 valence electrons. The number of ether oxygens (including phenoxy) is 3. The Labute approximate surface area is 311 Å². The number of rotatable bonds is 12. The van der Waals surface area contributed by atoms with Gasteiger partial charge in [-0.15, -0.1) is 5.54 Å². The lowest BCUT2D eigenvalue weighted by molar-refractivity contribution is -0.113. The molecule has 0 spiro atoms. The molecule has 53 heavy (non-hydrogen) atoms. The summed E-state index contributed by atoms with van der Waals surface area (Å²) < 4.78 is 50.4. The van der Waals surface area contributed by atoms with Crippen LogP contribution in [0.4, 0.5) is 14.6 Å². The number of hydrogen-bond donors (Lipinski definition) is 1. The average molecular weight is 745 g/mol. The van der Waals surface area contributed by atoms with E-state index in [0.717, 1.165) is 6.29 Å². The second-order valence-electron chi connectivity index (χ2n) is 16.0. The molecule has 9 nitrogen and oxygen atoms in total. The highest BCUT2D eigenvalue weighted by atomic mass is 28.3. The lowest BCUT2D eigenvalue weighted by Crippen LogP contribution is -2.46. The number of pyridine rings is 1. The molecular weight excluding hydrogens is 695 g/mol. The van der Waals surface area contributed by atoms with Gasteiger partial charge in [-0.05, 0) is 72.8 Å². The van der Waals surface area contributed by atoms with Crippen LogP contribution in [-0.2, 0) is 9.53 Å². The van der Waals surface area contributed by atoms with Gasteiger partial charge in [0, 0.05) is 37.3 Å². The molecule has 1 saturated carbocycles. The minimum atomic E-state index is -2.29. The third kappa shape index (κ3) is 7.48. The zero-order valence-corrected chi connectivity index (χ0v) is 33.0. The Morgan fingerprint density at radius 2 is 1.75 bits per heavy atom. The number of piperidine rings is 1. The molecule has 3 heterocycles. The molecule has 2 fully saturated rings. The van der Waals surface area contributed by atoms with Crippen molar-refractivity contribution in [2.24, 2.45) is 5.41 Å². The molecule has 1 atom stereocenters. The van der Waals surface area contributed by atoms with E-state index < -0.39 is 30.7 Å². The number of fused-ring (bicyclic) bond motifs is 2. The summed E-state index contributed by atoms with van der Waals surface area (Å²) in [6, 6.07) is 6.31. The Hall–Kier alpha value is -4.18. The number of methoxy groups -OCH3 is 1. The number of carbonyl (C=O) groups is 1. The van der Waals surface area contributed by atoms with Gasteiger partial charge in [-0.3, -0.25) is 4.98 Å². The van der Waals surface area contributed by atoms with Crippen molar-refractivity contribution in [2.45, 2.75) is 96.4 Å². The van der Waals surface area contributed by atoms with Crippen LogP contribution in [-0.4, -0.2) is 73.6 Å². The molecule has 2 aromatic heterocycles. The standard InChI is InChI=1S/C41H50F2N4O5Si/c1-25(2)53(26(3)4,27(5)6)17-12-30-33(42)11-10-28-18-29(52-24-50-8)19-31(34(28)30)36-35(43)37-32(20-44-36)38(47-16-9-13-40(7,49)21-47)46-39(45-37)51-23-41(22-48)14-15-41/h10-11,18-20,22,25-27,49H,9,13-16,21,23-24H2,1-8H3/t40-/m1/s1. The van der Waals surface area contributed by atoms with Crippen LogP contribution in [0.15, 0.2) is 30.5 Å². The Balaban J connectivity index is 1.60. The Kier molecular flexibility index (Phi) is 10.8. The van der Waals surface area contributed by atoms with Gasteiger partial charge >= 0.3 is 6.01 Å². The smallest absolute Gasteiger partial charge is 0.319 e. The van der Waals surface area contributed by atoms with Gasteiger partial charge in [-0.1, -0.05) is 53.5 Å². The zero-order chi connectivity index (χ0) is 38.3. The molecule has 0 amide bonds. The van der Waals surface area contributed by atoms with Crippen molar-refractivity contribution < 1.29 is 32.9 Å². The highest BCUT2D eigenvalue weighted by Gasteiger charge is 2.44. The third-order valence-electron chi connectivity index (χ3n) is 11.2. The third-order valence-corrected chi connectivity index (χ3v) is 17.4. The number of anilines is 1. The van der Waals surface area contributed by atoms with Crippen LogP contribution >= 0.6 is 0 Å². The average Bonchev–Trinajstić information content (AvgIpc) is 3.90. The molecule has 1 saturated heterocycles. The molecular formula is C41H50F2N4O5Si. The summed E-state index contributed by atoms with van der Waals surface area (Å²) >= 11 is 0. The van der Waals surface area contributed by atoms with Crippen LogP contribution < -0.4 is 14.4 Å². The van der Waals surface area contributed by atoms with E-state index in [-0.39, 0.29) is 48.3 Å². The van der Waals surface area contributed by atoms with Gasteiger partial charge in [0.2, 0.25) is 0 Å². The maximum Gasteiger partial charge on any atom is 0.319 e. The molecule has 2 aliphatic rings. The Morgan fingerprint density at radius 1 is 1.04 bits per heavy atom. The molecule has 1 N–H and O–H groups in total. The van der Waals surface area contributed by atoms with E-state index in [4.69, 9.17) is 14.2 Å². The van der Waals surface area contributed by atoms with Crippen molar-refractivity contribution in [1.82, 2.24) is 15.0 Å². The Morgan fingerprint density at radius 3 is 2.38 bits per heavy atom. The number of aromatic nitrogens is 3. The van der Waals surface area contributed by atoms with Crippen LogP contribution in [0.2, 0.25) is 16.6 Å². The van der Waals surface area contributed by atoms with E-state index in [1.165, 1.54) is 19.4 Å². The molecule has 0 radical (unpaired) electrons. The summed E-state index contributed by atoms with van der Waals surface area (Å²) in [7, 11) is -0.784.